The van der Waals surface area contributed by atoms with E-state index in [2.05, 4.69) is 27.6 Å². The Morgan fingerprint density at radius 1 is 1.42 bits per heavy atom. The second kappa shape index (κ2) is 3.95. The van der Waals surface area contributed by atoms with Crippen LogP contribution in [-0.4, -0.2) is 5.96 Å². The zero-order valence-electron chi connectivity index (χ0n) is 6.09. The molecule has 0 spiro atoms. The third kappa shape index (κ3) is 2.53. The minimum atomic E-state index is 0.0492. The Balaban J connectivity index is 3.05. The van der Waals surface area contributed by atoms with Gasteiger partial charge in [0.15, 0.2) is 5.96 Å². The van der Waals surface area contributed by atoms with Crippen LogP contribution >= 0.6 is 34.2 Å². The van der Waals surface area contributed by atoms with Crippen LogP contribution in [0.15, 0.2) is 23.2 Å². The molecule has 0 amide bonds. The number of hydrogen-bond acceptors (Lipinski definition) is 1. The van der Waals surface area contributed by atoms with Crippen LogP contribution in [0.5, 0.6) is 0 Å². The van der Waals surface area contributed by atoms with Crippen molar-refractivity contribution in [1.29, 1.82) is 0 Å². The summed E-state index contributed by atoms with van der Waals surface area (Å²) in [5.41, 5.74) is 11.1. The highest BCUT2D eigenvalue weighted by atomic mass is 127. The fourth-order valence-corrected chi connectivity index (χ4v) is 1.32. The van der Waals surface area contributed by atoms with Gasteiger partial charge in [-0.05, 0) is 40.8 Å². The number of aliphatic imine (C=N–C) groups is 1. The van der Waals surface area contributed by atoms with Gasteiger partial charge in [-0.25, -0.2) is 4.99 Å². The van der Waals surface area contributed by atoms with Crippen molar-refractivity contribution < 1.29 is 0 Å². The third-order valence-electron chi connectivity index (χ3n) is 1.16. The zero-order valence-corrected chi connectivity index (χ0v) is 9.00. The maximum atomic E-state index is 5.80. The second-order valence-corrected chi connectivity index (χ2v) is 3.70. The average Bonchev–Trinajstić information content (AvgIpc) is 1.96. The van der Waals surface area contributed by atoms with Crippen molar-refractivity contribution in [3.05, 3.63) is 26.8 Å². The van der Waals surface area contributed by atoms with E-state index in [1.807, 2.05) is 6.07 Å². The average molecular weight is 296 g/mol. The van der Waals surface area contributed by atoms with Crippen molar-refractivity contribution in [2.45, 2.75) is 0 Å². The molecule has 5 heteroatoms. The highest BCUT2D eigenvalue weighted by Crippen LogP contribution is 2.23. The molecule has 0 unspecified atom stereocenters. The van der Waals surface area contributed by atoms with Crippen LogP contribution in [0, 0.1) is 3.57 Å². The van der Waals surface area contributed by atoms with E-state index >= 15 is 0 Å². The lowest BCUT2D eigenvalue weighted by atomic mass is 10.3. The Morgan fingerprint density at radius 3 is 2.58 bits per heavy atom. The number of nitrogens with two attached hydrogens (primary N) is 2. The molecule has 0 heterocycles. The van der Waals surface area contributed by atoms with Gasteiger partial charge in [0, 0.05) is 3.57 Å². The number of rotatable bonds is 1. The molecular formula is C7H7ClIN3. The minimum absolute atomic E-state index is 0.0492. The Kier molecular flexibility index (Phi) is 3.16. The molecule has 12 heavy (non-hydrogen) atoms. The number of benzene rings is 1. The fraction of sp³-hybridized carbons (Fsp3) is 0. The predicted molar refractivity (Wildman–Crippen MR) is 59.6 cm³/mol. The van der Waals surface area contributed by atoms with Crippen LogP contribution in [0.25, 0.3) is 0 Å². The van der Waals surface area contributed by atoms with E-state index in [-0.39, 0.29) is 5.96 Å². The summed E-state index contributed by atoms with van der Waals surface area (Å²) in [7, 11) is 0. The highest BCUT2D eigenvalue weighted by molar-refractivity contribution is 14.1. The van der Waals surface area contributed by atoms with E-state index in [0.29, 0.717) is 10.7 Å². The van der Waals surface area contributed by atoms with Gasteiger partial charge >= 0.3 is 0 Å². The Labute approximate surface area is 88.9 Å². The van der Waals surface area contributed by atoms with Crippen molar-refractivity contribution in [3.63, 3.8) is 0 Å². The topological polar surface area (TPSA) is 64.4 Å². The summed E-state index contributed by atoms with van der Waals surface area (Å²) in [5.74, 6) is 0.0492. The normalized spacial score (nSPS) is 9.50. The SMILES string of the molecule is NC(N)=Nc1ccc(Cl)c(I)c1. The maximum Gasteiger partial charge on any atom is 0.191 e. The molecule has 4 N–H and O–H groups in total. The van der Waals surface area contributed by atoms with Gasteiger partial charge in [0.05, 0.1) is 10.7 Å². The van der Waals surface area contributed by atoms with Crippen molar-refractivity contribution in [3.8, 4) is 0 Å². The van der Waals surface area contributed by atoms with E-state index in [1.54, 1.807) is 12.1 Å². The van der Waals surface area contributed by atoms with Gasteiger partial charge in [-0.3, -0.25) is 0 Å². The van der Waals surface area contributed by atoms with Gasteiger partial charge in [-0.15, -0.1) is 0 Å². The van der Waals surface area contributed by atoms with E-state index < -0.39 is 0 Å². The first kappa shape index (κ1) is 9.60. The molecule has 1 aromatic rings. The lowest BCUT2D eigenvalue weighted by molar-refractivity contribution is 1.41. The maximum absolute atomic E-state index is 5.80. The van der Waals surface area contributed by atoms with E-state index in [9.17, 15) is 0 Å². The molecule has 1 rings (SSSR count). The Bertz CT molecular complexity index is 320. The summed E-state index contributed by atoms with van der Waals surface area (Å²) < 4.78 is 0.928. The summed E-state index contributed by atoms with van der Waals surface area (Å²) >= 11 is 7.91. The first-order valence-corrected chi connectivity index (χ1v) is 4.60. The van der Waals surface area contributed by atoms with Crippen molar-refractivity contribution in [1.82, 2.24) is 0 Å². The smallest absolute Gasteiger partial charge is 0.191 e. The first-order valence-electron chi connectivity index (χ1n) is 3.14. The van der Waals surface area contributed by atoms with E-state index in [1.165, 1.54) is 0 Å². The number of hydrogen-bond donors (Lipinski definition) is 2. The van der Waals surface area contributed by atoms with Crippen LogP contribution in [0.3, 0.4) is 0 Å². The molecule has 0 aliphatic carbocycles. The quantitative estimate of drug-likeness (QED) is 0.472. The van der Waals surface area contributed by atoms with Gasteiger partial charge in [0.25, 0.3) is 0 Å². The van der Waals surface area contributed by atoms with Gasteiger partial charge < -0.3 is 11.5 Å². The third-order valence-corrected chi connectivity index (χ3v) is 2.70. The van der Waals surface area contributed by atoms with Gasteiger partial charge in [0.1, 0.15) is 0 Å². The molecule has 0 aromatic heterocycles. The molecule has 1 aromatic carbocycles. The van der Waals surface area contributed by atoms with E-state index in [4.69, 9.17) is 23.1 Å². The predicted octanol–water partition coefficient (Wildman–Crippen LogP) is 1.85. The Hall–Kier alpha value is -0.490. The standard InChI is InChI=1S/C7H7ClIN3/c8-5-2-1-4(3-6(5)9)12-7(10)11/h1-3H,(H4,10,11,12). The number of guanidine groups is 1. The van der Waals surface area contributed by atoms with Crippen LogP contribution in [0.4, 0.5) is 5.69 Å². The minimum Gasteiger partial charge on any atom is -0.370 e. The molecule has 0 atom stereocenters. The number of halogens is 2. The molecule has 0 saturated carbocycles. The first-order chi connectivity index (χ1) is 5.59. The second-order valence-electron chi connectivity index (χ2n) is 2.14. The fourth-order valence-electron chi connectivity index (χ4n) is 0.704. The van der Waals surface area contributed by atoms with Crippen molar-refractivity contribution in [2.75, 3.05) is 0 Å². The van der Waals surface area contributed by atoms with Crippen LogP contribution in [0.1, 0.15) is 0 Å². The molecule has 0 bridgehead atoms. The van der Waals surface area contributed by atoms with E-state index in [0.717, 1.165) is 3.57 Å². The summed E-state index contributed by atoms with van der Waals surface area (Å²) in [4.78, 5) is 3.87. The summed E-state index contributed by atoms with van der Waals surface area (Å²) in [5, 5.41) is 0.699. The van der Waals surface area contributed by atoms with Crippen molar-refractivity contribution >= 4 is 45.8 Å². The molecule has 3 nitrogen and oxygen atoms in total. The number of nitrogens with zero attached hydrogens (tertiary/aromatic N) is 1. The molecule has 0 fully saturated rings. The van der Waals surface area contributed by atoms with Crippen LogP contribution in [-0.2, 0) is 0 Å². The highest BCUT2D eigenvalue weighted by Gasteiger charge is 1.97. The molecule has 0 aliphatic heterocycles. The zero-order chi connectivity index (χ0) is 9.14. The van der Waals surface area contributed by atoms with Crippen molar-refractivity contribution in [2.24, 2.45) is 16.5 Å². The molecule has 64 valence electrons. The van der Waals surface area contributed by atoms with Gasteiger partial charge in [-0.1, -0.05) is 11.6 Å². The largest absolute Gasteiger partial charge is 0.370 e. The molecular weight excluding hydrogens is 288 g/mol. The summed E-state index contributed by atoms with van der Waals surface area (Å²) in [6, 6.07) is 5.32. The monoisotopic (exact) mass is 295 g/mol. The van der Waals surface area contributed by atoms with Crippen LogP contribution < -0.4 is 11.5 Å². The Morgan fingerprint density at radius 2 is 2.08 bits per heavy atom. The summed E-state index contributed by atoms with van der Waals surface area (Å²) in [6.07, 6.45) is 0. The molecule has 0 radical (unpaired) electrons. The lowest BCUT2D eigenvalue weighted by Crippen LogP contribution is -2.21. The van der Waals surface area contributed by atoms with Crippen LogP contribution in [0.2, 0.25) is 5.02 Å². The van der Waals surface area contributed by atoms with Gasteiger partial charge in [0.2, 0.25) is 0 Å². The van der Waals surface area contributed by atoms with Gasteiger partial charge in [-0.2, -0.15) is 0 Å². The molecule has 0 aliphatic rings. The lowest BCUT2D eigenvalue weighted by Gasteiger charge is -1.97. The summed E-state index contributed by atoms with van der Waals surface area (Å²) in [6.45, 7) is 0. The molecule has 0 saturated heterocycles.